The minimum Gasteiger partial charge on any atom is -0.326 e. The van der Waals surface area contributed by atoms with Gasteiger partial charge >= 0.3 is 0 Å². The van der Waals surface area contributed by atoms with Crippen LogP contribution >= 0.6 is 34.9 Å². The Morgan fingerprint density at radius 3 is 2.79 bits per heavy atom. The number of fused-ring (bicyclic) bond motifs is 1. The van der Waals surface area contributed by atoms with Crippen molar-refractivity contribution in [2.45, 2.75) is 15.7 Å². The van der Waals surface area contributed by atoms with Crippen LogP contribution in [-0.4, -0.2) is 22.9 Å². The summed E-state index contributed by atoms with van der Waals surface area (Å²) in [4.78, 5) is 17.5. The smallest absolute Gasteiger partial charge is 0.225 e. The molecule has 0 fully saturated rings. The second-order valence-electron chi connectivity index (χ2n) is 4.97. The Labute approximate surface area is 152 Å². The molecule has 0 saturated carbocycles. The number of hydrogen-bond acceptors (Lipinski definition) is 5. The lowest BCUT2D eigenvalue weighted by Gasteiger charge is -2.05. The Morgan fingerprint density at radius 1 is 1.25 bits per heavy atom. The topological polar surface area (TPSA) is 42.0 Å². The summed E-state index contributed by atoms with van der Waals surface area (Å²) in [6, 6.07) is 12.0. The summed E-state index contributed by atoms with van der Waals surface area (Å²) in [5.41, 5.74) is 1.74. The molecule has 0 unspecified atom stereocenters. The Balaban J connectivity index is 1.53. The van der Waals surface area contributed by atoms with Gasteiger partial charge in [0.15, 0.2) is 4.34 Å². The lowest BCUT2D eigenvalue weighted by atomic mass is 10.3. The Morgan fingerprint density at radius 2 is 2.04 bits per heavy atom. The van der Waals surface area contributed by atoms with Gasteiger partial charge < -0.3 is 5.32 Å². The first-order valence-corrected chi connectivity index (χ1v) is 10.3. The SMILES string of the molecule is CSc1nc2ccc(NC(=O)CCSc3ccc(F)cc3)cc2s1. The molecule has 3 rings (SSSR count). The zero-order valence-corrected chi connectivity index (χ0v) is 15.4. The third kappa shape index (κ3) is 4.49. The Hall–Kier alpha value is -1.57. The van der Waals surface area contributed by atoms with Gasteiger partial charge in [-0.25, -0.2) is 9.37 Å². The highest BCUT2D eigenvalue weighted by atomic mass is 32.2. The van der Waals surface area contributed by atoms with Crippen molar-refractivity contribution in [3.63, 3.8) is 0 Å². The molecule has 0 aliphatic rings. The van der Waals surface area contributed by atoms with Crippen molar-refractivity contribution >= 4 is 56.7 Å². The van der Waals surface area contributed by atoms with Gasteiger partial charge in [0, 0.05) is 22.8 Å². The number of halogens is 1. The summed E-state index contributed by atoms with van der Waals surface area (Å²) in [5.74, 6) is 0.371. The monoisotopic (exact) mass is 378 g/mol. The van der Waals surface area contributed by atoms with E-state index in [0.29, 0.717) is 12.2 Å². The van der Waals surface area contributed by atoms with Crippen LogP contribution in [0.25, 0.3) is 10.2 Å². The number of benzene rings is 2. The highest BCUT2D eigenvalue weighted by Crippen LogP contribution is 2.30. The van der Waals surface area contributed by atoms with E-state index in [-0.39, 0.29) is 11.7 Å². The fourth-order valence-corrected chi connectivity index (χ4v) is 4.46. The van der Waals surface area contributed by atoms with Gasteiger partial charge in [-0.15, -0.1) is 23.1 Å². The molecule has 0 atom stereocenters. The number of thiazole rings is 1. The number of anilines is 1. The number of amides is 1. The third-order valence-electron chi connectivity index (χ3n) is 3.24. The standard InChI is InChI=1S/C17H15FN2OS3/c1-22-17-20-14-7-4-12(10-15(14)24-17)19-16(21)8-9-23-13-5-2-11(18)3-6-13/h2-7,10H,8-9H2,1H3,(H,19,21). The van der Waals surface area contributed by atoms with Crippen LogP contribution in [0.5, 0.6) is 0 Å². The van der Waals surface area contributed by atoms with Crippen LogP contribution in [0.3, 0.4) is 0 Å². The second-order valence-corrected chi connectivity index (χ2v) is 8.22. The Kier molecular flexibility index (Phi) is 5.76. The largest absolute Gasteiger partial charge is 0.326 e. The van der Waals surface area contributed by atoms with Crippen LogP contribution in [0.15, 0.2) is 51.7 Å². The van der Waals surface area contributed by atoms with Crippen molar-refractivity contribution < 1.29 is 9.18 Å². The van der Waals surface area contributed by atoms with Crippen LogP contribution in [0, 0.1) is 5.82 Å². The van der Waals surface area contributed by atoms with Crippen LogP contribution in [0.2, 0.25) is 0 Å². The van der Waals surface area contributed by atoms with Gasteiger partial charge in [0.2, 0.25) is 5.91 Å². The molecule has 0 bridgehead atoms. The molecule has 0 aliphatic carbocycles. The lowest BCUT2D eigenvalue weighted by molar-refractivity contribution is -0.115. The van der Waals surface area contributed by atoms with Crippen LogP contribution in [0.1, 0.15) is 6.42 Å². The molecule has 0 radical (unpaired) electrons. The quantitative estimate of drug-likeness (QED) is 0.593. The zero-order valence-electron chi connectivity index (χ0n) is 12.9. The molecule has 0 aliphatic heterocycles. The number of rotatable bonds is 6. The third-order valence-corrected chi connectivity index (χ3v) is 6.26. The van der Waals surface area contributed by atoms with Gasteiger partial charge in [-0.3, -0.25) is 4.79 Å². The molecular formula is C17H15FN2OS3. The minimum absolute atomic E-state index is 0.0291. The average molecular weight is 379 g/mol. The van der Waals surface area contributed by atoms with Crippen molar-refractivity contribution in [2.75, 3.05) is 17.3 Å². The summed E-state index contributed by atoms with van der Waals surface area (Å²) >= 11 is 4.78. The van der Waals surface area contributed by atoms with Crippen LogP contribution in [0.4, 0.5) is 10.1 Å². The van der Waals surface area contributed by atoms with Gasteiger partial charge in [0.05, 0.1) is 10.2 Å². The van der Waals surface area contributed by atoms with E-state index >= 15 is 0 Å². The second kappa shape index (κ2) is 8.00. The van der Waals surface area contributed by atoms with E-state index in [1.807, 2.05) is 24.5 Å². The molecule has 0 saturated heterocycles. The molecule has 3 nitrogen and oxygen atoms in total. The summed E-state index contributed by atoms with van der Waals surface area (Å²) in [6.07, 6.45) is 2.40. The molecule has 7 heteroatoms. The van der Waals surface area contributed by atoms with Crippen molar-refractivity contribution in [2.24, 2.45) is 0 Å². The highest BCUT2D eigenvalue weighted by Gasteiger charge is 2.07. The van der Waals surface area contributed by atoms with Gasteiger partial charge in [0.25, 0.3) is 0 Å². The molecule has 3 aromatic rings. The van der Waals surface area contributed by atoms with Gasteiger partial charge in [-0.05, 0) is 48.7 Å². The summed E-state index contributed by atoms with van der Waals surface area (Å²) in [6.45, 7) is 0. The van der Waals surface area contributed by atoms with E-state index in [1.165, 1.54) is 23.9 Å². The molecular weight excluding hydrogens is 363 g/mol. The number of nitrogens with one attached hydrogen (secondary N) is 1. The molecule has 0 spiro atoms. The predicted molar refractivity (Wildman–Crippen MR) is 102 cm³/mol. The lowest BCUT2D eigenvalue weighted by Crippen LogP contribution is -2.11. The average Bonchev–Trinajstić information content (AvgIpc) is 2.99. The van der Waals surface area contributed by atoms with E-state index in [1.54, 1.807) is 35.2 Å². The minimum atomic E-state index is -0.250. The van der Waals surface area contributed by atoms with Crippen molar-refractivity contribution in [1.82, 2.24) is 4.98 Å². The van der Waals surface area contributed by atoms with E-state index in [9.17, 15) is 9.18 Å². The fourth-order valence-electron chi connectivity index (χ4n) is 2.08. The number of hydrogen-bond donors (Lipinski definition) is 1. The van der Waals surface area contributed by atoms with Crippen LogP contribution < -0.4 is 5.32 Å². The number of carbonyl (C=O) groups excluding carboxylic acids is 1. The first-order chi connectivity index (χ1) is 11.6. The van der Waals surface area contributed by atoms with E-state index in [0.717, 1.165) is 25.1 Å². The number of carbonyl (C=O) groups is 1. The van der Waals surface area contributed by atoms with Gasteiger partial charge in [-0.1, -0.05) is 11.8 Å². The zero-order chi connectivity index (χ0) is 16.9. The highest BCUT2D eigenvalue weighted by molar-refractivity contribution is 8.00. The number of aromatic nitrogens is 1. The Bertz CT molecular complexity index is 849. The van der Waals surface area contributed by atoms with E-state index in [4.69, 9.17) is 0 Å². The molecule has 1 aromatic heterocycles. The molecule has 2 aromatic carbocycles. The summed E-state index contributed by atoms with van der Waals surface area (Å²) in [7, 11) is 0. The predicted octanol–water partition coefficient (Wildman–Crippen LogP) is 5.28. The summed E-state index contributed by atoms with van der Waals surface area (Å²) in [5, 5.41) is 2.92. The number of nitrogens with zero attached hydrogens (tertiary/aromatic N) is 1. The van der Waals surface area contributed by atoms with Crippen molar-refractivity contribution in [1.29, 1.82) is 0 Å². The molecule has 1 amide bonds. The molecule has 1 heterocycles. The molecule has 124 valence electrons. The van der Waals surface area contributed by atoms with E-state index < -0.39 is 0 Å². The molecule has 24 heavy (non-hydrogen) atoms. The maximum absolute atomic E-state index is 12.8. The normalized spacial score (nSPS) is 10.9. The van der Waals surface area contributed by atoms with Crippen molar-refractivity contribution in [3.05, 3.63) is 48.3 Å². The fraction of sp³-hybridized carbons (Fsp3) is 0.176. The van der Waals surface area contributed by atoms with Gasteiger partial charge in [-0.2, -0.15) is 0 Å². The first kappa shape index (κ1) is 17.3. The van der Waals surface area contributed by atoms with Crippen LogP contribution in [-0.2, 0) is 4.79 Å². The molecule has 1 N–H and O–H groups in total. The first-order valence-electron chi connectivity index (χ1n) is 7.27. The van der Waals surface area contributed by atoms with Crippen molar-refractivity contribution in [3.8, 4) is 0 Å². The maximum Gasteiger partial charge on any atom is 0.225 e. The van der Waals surface area contributed by atoms with E-state index in [2.05, 4.69) is 10.3 Å². The maximum atomic E-state index is 12.8. The summed E-state index contributed by atoms with van der Waals surface area (Å²) < 4.78 is 14.9. The number of thioether (sulfide) groups is 2. The van der Waals surface area contributed by atoms with Gasteiger partial charge in [0.1, 0.15) is 5.82 Å².